The average Bonchev–Trinajstić information content (AvgIpc) is 3.62. The molecule has 12 aromatic carbocycles. The molecule has 5 heteroatoms. The second-order valence-corrected chi connectivity index (χ2v) is 38.7. The van der Waals surface area contributed by atoms with Crippen LogP contribution in [0.4, 0.5) is 0 Å². The maximum absolute atomic E-state index is 4.69. The van der Waals surface area contributed by atoms with Crippen molar-refractivity contribution in [3.63, 3.8) is 0 Å². The second-order valence-electron chi connectivity index (χ2n) is 19.0. The summed E-state index contributed by atoms with van der Waals surface area (Å²) in [5.74, 6) is 0. The van der Waals surface area contributed by atoms with Crippen LogP contribution in [-0.2, 0) is 0 Å². The number of rotatable bonds is 16. The Hall–Kier alpha value is -6.84. The van der Waals surface area contributed by atoms with Crippen molar-refractivity contribution in [3.8, 4) is 0 Å². The molecule has 368 valence electrons. The molecule has 12 aromatic rings. The van der Waals surface area contributed by atoms with E-state index in [1.807, 2.05) is 0 Å². The van der Waals surface area contributed by atoms with E-state index in [0.717, 1.165) is 0 Å². The summed E-state index contributed by atoms with van der Waals surface area (Å²) < 4.78 is 5.77. The van der Waals surface area contributed by atoms with E-state index >= 15 is 0 Å². The van der Waals surface area contributed by atoms with Crippen molar-refractivity contribution >= 4 is 128 Å². The van der Waals surface area contributed by atoms with E-state index in [-0.39, 0.29) is 0 Å². The summed E-state index contributed by atoms with van der Waals surface area (Å²) in [5, 5.41) is 16.3. The molecule has 0 saturated heterocycles. The van der Waals surface area contributed by atoms with Crippen molar-refractivity contribution in [1.29, 1.82) is 0 Å². The second kappa shape index (κ2) is 24.2. The third-order valence-electron chi connectivity index (χ3n) is 14.2. The van der Waals surface area contributed by atoms with E-state index in [2.05, 4.69) is 340 Å². The van der Waals surface area contributed by atoms with Gasteiger partial charge in [-0.05, 0) is 0 Å². The summed E-state index contributed by atoms with van der Waals surface area (Å²) in [4.78, 5) is 0. The molecule has 12 rings (SSSR count). The zero-order valence-electron chi connectivity index (χ0n) is 42.6. The minimum absolute atomic E-state index is 0.999. The molecule has 0 bridgehead atoms. The van der Waals surface area contributed by atoms with Crippen LogP contribution >= 0.6 is 31.7 Å². The molecule has 0 heterocycles. The quantitative estimate of drug-likeness (QED) is 0.0668. The van der Waals surface area contributed by atoms with E-state index in [4.69, 9.17) is 0 Å². The monoisotopic (exact) mass is 1160 g/mol. The number of hydrogen-bond donors (Lipinski definition) is 0. The zero-order chi connectivity index (χ0) is 51.6. The molecule has 77 heavy (non-hydrogen) atoms. The Morgan fingerprint density at radius 2 is 0.299 bits per heavy atom. The molecule has 0 nitrogen and oxygen atoms in total. The fourth-order valence-corrected chi connectivity index (χ4v) is 35.9. The van der Waals surface area contributed by atoms with Gasteiger partial charge in [0.2, 0.25) is 0 Å². The number of benzene rings is 12. The Labute approximate surface area is 464 Å². The van der Waals surface area contributed by atoms with Gasteiger partial charge in [-0.2, -0.15) is 0 Å². The van der Waals surface area contributed by atoms with E-state index in [1.165, 1.54) is 78.0 Å². The van der Waals surface area contributed by atoms with Gasteiger partial charge in [0.25, 0.3) is 0 Å². The van der Waals surface area contributed by atoms with E-state index < -0.39 is 50.1 Å². The molecular weight excluding hydrogens is 1110 g/mol. The van der Waals surface area contributed by atoms with Crippen LogP contribution < -0.4 is 78.0 Å². The molecule has 0 N–H and O–H groups in total. The van der Waals surface area contributed by atoms with Gasteiger partial charge in [0, 0.05) is 0 Å². The first kappa shape index (κ1) is 50.9. The Morgan fingerprint density at radius 3 is 0.468 bits per heavy atom. The van der Waals surface area contributed by atoms with E-state index in [9.17, 15) is 0 Å². The molecule has 0 atom stereocenters. The summed E-state index contributed by atoms with van der Waals surface area (Å²) in [6, 6.07) is 130. The first-order valence-electron chi connectivity index (χ1n) is 26.3. The Balaban J connectivity index is 1.25. The van der Waals surface area contributed by atoms with Gasteiger partial charge in [-0.25, -0.2) is 0 Å². The average molecular weight is 1160 g/mol. The fraction of sp³-hybridized carbons (Fsp3) is 0. The summed E-state index contributed by atoms with van der Waals surface area (Å²) in [6.07, 6.45) is 0. The fourth-order valence-electron chi connectivity index (χ4n) is 10.9. The summed E-state index contributed by atoms with van der Waals surface area (Å²) in [6.45, 7) is 0. The van der Waals surface area contributed by atoms with E-state index in [0.29, 0.717) is 0 Å². The molecular formula is C72H56P4Sn. The van der Waals surface area contributed by atoms with Crippen LogP contribution in [0.1, 0.15) is 0 Å². The van der Waals surface area contributed by atoms with Crippen LogP contribution in [0.25, 0.3) is 0 Å². The molecule has 0 radical (unpaired) electrons. The first-order chi connectivity index (χ1) is 38.2. The van der Waals surface area contributed by atoms with Crippen molar-refractivity contribution in [2.75, 3.05) is 0 Å². The van der Waals surface area contributed by atoms with Crippen LogP contribution in [0.2, 0.25) is 0 Å². The SMILES string of the molecule is c1ccc(P(c2ccccc2)c2cc(P(c3ccccc3)c3ccccc3)c[c]([Sn]([c]3ccccc3)([c]3ccccc3)[c]3cc(P(c4ccccc4)c4ccccc4)cc(P(c4ccccc4)c4ccccc4)c3)c2)cc1. The van der Waals surface area contributed by atoms with Crippen molar-refractivity contribution in [2.45, 2.75) is 0 Å². The number of hydrogen-bond acceptors (Lipinski definition) is 0. The Morgan fingerprint density at radius 1 is 0.143 bits per heavy atom. The summed E-state index contributed by atoms with van der Waals surface area (Å²) >= 11 is -4.69. The van der Waals surface area contributed by atoms with Gasteiger partial charge in [0.1, 0.15) is 0 Å². The van der Waals surface area contributed by atoms with Crippen molar-refractivity contribution < 1.29 is 0 Å². The van der Waals surface area contributed by atoms with Gasteiger partial charge in [-0.1, -0.05) is 0 Å². The van der Waals surface area contributed by atoms with Crippen LogP contribution in [0.5, 0.6) is 0 Å². The van der Waals surface area contributed by atoms with Crippen LogP contribution in [0.3, 0.4) is 0 Å². The normalized spacial score (nSPS) is 11.6. The summed E-state index contributed by atoms with van der Waals surface area (Å²) in [5.41, 5.74) is 0. The predicted molar refractivity (Wildman–Crippen MR) is 345 cm³/mol. The van der Waals surface area contributed by atoms with Crippen molar-refractivity contribution in [1.82, 2.24) is 0 Å². The molecule has 0 fully saturated rings. The van der Waals surface area contributed by atoms with Gasteiger partial charge < -0.3 is 0 Å². The topological polar surface area (TPSA) is 0 Å². The first-order valence-corrected chi connectivity index (χ1v) is 37.3. The molecule has 0 unspecified atom stereocenters. The van der Waals surface area contributed by atoms with Gasteiger partial charge in [0.05, 0.1) is 0 Å². The standard InChI is InChI=1S/2C30H23P2.2C6H5.Sn/c2*1-5-14-25(15-6-1)31(26-16-7-2-8-17-26)29-22-13-23-30(24-29)32(27-18-9-3-10-19-27)28-20-11-4-12-21-28;2*1-2-4-6-5-3-1;/h2*1-12,14-24H;2*1-5H;. The van der Waals surface area contributed by atoms with Gasteiger partial charge in [-0.15, -0.1) is 0 Å². The molecule has 0 saturated carbocycles. The third kappa shape index (κ3) is 10.9. The van der Waals surface area contributed by atoms with Crippen molar-refractivity contribution in [2.24, 2.45) is 0 Å². The van der Waals surface area contributed by atoms with E-state index in [1.54, 1.807) is 0 Å². The Kier molecular flexibility index (Phi) is 16.0. The van der Waals surface area contributed by atoms with Gasteiger partial charge in [-0.3, -0.25) is 0 Å². The molecule has 0 aliphatic heterocycles. The van der Waals surface area contributed by atoms with Gasteiger partial charge in [0.15, 0.2) is 0 Å². The van der Waals surface area contributed by atoms with Crippen LogP contribution in [0, 0.1) is 0 Å². The molecule has 0 aromatic heterocycles. The minimum atomic E-state index is -4.69. The van der Waals surface area contributed by atoms with Gasteiger partial charge >= 0.3 is 468 Å². The maximum atomic E-state index is 2.70. The molecule has 0 aliphatic rings. The van der Waals surface area contributed by atoms with Crippen LogP contribution in [0.15, 0.2) is 340 Å². The van der Waals surface area contributed by atoms with Crippen LogP contribution in [-0.4, -0.2) is 18.4 Å². The summed E-state index contributed by atoms with van der Waals surface area (Å²) in [7, 11) is -3.99. The predicted octanol–water partition coefficient (Wildman–Crippen LogP) is 10.1. The third-order valence-corrected chi connectivity index (χ3v) is 37.3. The van der Waals surface area contributed by atoms with Crippen molar-refractivity contribution in [3.05, 3.63) is 340 Å². The molecule has 0 spiro atoms. The Bertz CT molecular complexity index is 3170. The molecule has 0 aliphatic carbocycles. The molecule has 0 amide bonds. The zero-order valence-corrected chi connectivity index (χ0v) is 49.1.